The van der Waals surface area contributed by atoms with Crippen molar-refractivity contribution in [2.24, 2.45) is 7.05 Å². The van der Waals surface area contributed by atoms with Crippen LogP contribution in [0.5, 0.6) is 11.5 Å². The summed E-state index contributed by atoms with van der Waals surface area (Å²) in [5.41, 5.74) is 9.79. The number of nitrogens with zero attached hydrogens (tertiary/aromatic N) is 4. The van der Waals surface area contributed by atoms with Gasteiger partial charge in [-0.1, -0.05) is 26.8 Å². The molecule has 2 aromatic heterocycles. The first-order valence-electron chi connectivity index (χ1n) is 10.4. The van der Waals surface area contributed by atoms with Crippen molar-refractivity contribution in [3.63, 3.8) is 0 Å². The van der Waals surface area contributed by atoms with Crippen LogP contribution in [0.1, 0.15) is 38.4 Å². The number of hydrogen-bond acceptors (Lipinski definition) is 7. The zero-order valence-corrected chi connectivity index (χ0v) is 19.2. The standard InChI is InChI=1S/C23H32N6O2/c1-23(2,3)20-14-17(29(4)28-20)16-13-21(27-22(24)26-16)25-11-7-8-15-9-10-18(30-5)19(12-15)31-6/h9-10,12-14H,7-8,11H2,1-6H3,(H3,24,25,26,27). The number of nitrogens with two attached hydrogens (primary N) is 1. The number of aromatic nitrogens is 4. The van der Waals surface area contributed by atoms with Gasteiger partial charge in [-0.3, -0.25) is 4.68 Å². The van der Waals surface area contributed by atoms with Gasteiger partial charge in [0.25, 0.3) is 0 Å². The molecule has 3 aromatic rings. The number of anilines is 2. The van der Waals surface area contributed by atoms with E-state index in [4.69, 9.17) is 15.2 Å². The van der Waals surface area contributed by atoms with Gasteiger partial charge in [0.05, 0.1) is 31.3 Å². The first-order chi connectivity index (χ1) is 14.7. The third kappa shape index (κ3) is 5.45. The van der Waals surface area contributed by atoms with Gasteiger partial charge in [0.1, 0.15) is 5.82 Å². The fourth-order valence-electron chi connectivity index (χ4n) is 3.31. The first kappa shape index (κ1) is 22.4. The number of hydrogen-bond donors (Lipinski definition) is 2. The lowest BCUT2D eigenvalue weighted by Crippen LogP contribution is -2.12. The molecule has 0 aliphatic heterocycles. The van der Waals surface area contributed by atoms with Crippen molar-refractivity contribution < 1.29 is 9.47 Å². The molecule has 0 amide bonds. The molecule has 1 aromatic carbocycles. The second kappa shape index (κ2) is 9.24. The molecule has 0 atom stereocenters. The lowest BCUT2D eigenvalue weighted by atomic mass is 9.92. The quantitative estimate of drug-likeness (QED) is 0.530. The maximum absolute atomic E-state index is 5.98. The third-order valence-electron chi connectivity index (χ3n) is 5.05. The molecule has 0 aliphatic rings. The maximum atomic E-state index is 5.98. The fourth-order valence-corrected chi connectivity index (χ4v) is 3.31. The molecule has 0 unspecified atom stereocenters. The van der Waals surface area contributed by atoms with Crippen LogP contribution in [0.15, 0.2) is 30.3 Å². The summed E-state index contributed by atoms with van der Waals surface area (Å²) in [6.07, 6.45) is 1.83. The van der Waals surface area contributed by atoms with E-state index in [0.717, 1.165) is 48.0 Å². The molecular formula is C23H32N6O2. The summed E-state index contributed by atoms with van der Waals surface area (Å²) in [4.78, 5) is 8.74. The Morgan fingerprint density at radius 1 is 1.03 bits per heavy atom. The molecule has 166 valence electrons. The monoisotopic (exact) mass is 424 g/mol. The van der Waals surface area contributed by atoms with E-state index in [1.165, 1.54) is 5.56 Å². The van der Waals surface area contributed by atoms with Gasteiger partial charge >= 0.3 is 0 Å². The number of nitrogen functional groups attached to an aromatic ring is 1. The van der Waals surface area contributed by atoms with Gasteiger partial charge in [-0.25, -0.2) is 4.98 Å². The van der Waals surface area contributed by atoms with E-state index in [0.29, 0.717) is 5.82 Å². The number of benzene rings is 1. The van der Waals surface area contributed by atoms with Crippen LogP contribution in [-0.2, 0) is 18.9 Å². The largest absolute Gasteiger partial charge is 0.493 e. The van der Waals surface area contributed by atoms with Crippen molar-refractivity contribution in [3.05, 3.63) is 41.6 Å². The van der Waals surface area contributed by atoms with Gasteiger partial charge in [0, 0.05) is 25.1 Å². The molecule has 0 saturated heterocycles. The summed E-state index contributed by atoms with van der Waals surface area (Å²) in [6, 6.07) is 9.96. The minimum Gasteiger partial charge on any atom is -0.493 e. The molecule has 0 spiro atoms. The second-order valence-electron chi connectivity index (χ2n) is 8.50. The number of methoxy groups -OCH3 is 2. The molecule has 2 heterocycles. The highest BCUT2D eigenvalue weighted by Crippen LogP contribution is 2.29. The molecular weight excluding hydrogens is 392 g/mol. The van der Waals surface area contributed by atoms with Crippen LogP contribution in [0, 0.1) is 0 Å². The third-order valence-corrected chi connectivity index (χ3v) is 5.05. The van der Waals surface area contributed by atoms with Crippen molar-refractivity contribution in [1.29, 1.82) is 0 Å². The summed E-state index contributed by atoms with van der Waals surface area (Å²) in [5, 5.41) is 7.99. The molecule has 0 radical (unpaired) electrons. The molecule has 0 aliphatic carbocycles. The van der Waals surface area contributed by atoms with Gasteiger partial charge < -0.3 is 20.5 Å². The van der Waals surface area contributed by atoms with Gasteiger partial charge in [-0.2, -0.15) is 10.1 Å². The predicted octanol–water partition coefficient (Wildman–Crippen LogP) is 3.82. The number of aryl methyl sites for hydroxylation is 2. The van der Waals surface area contributed by atoms with Crippen molar-refractivity contribution in [2.75, 3.05) is 31.8 Å². The smallest absolute Gasteiger partial charge is 0.222 e. The Balaban J connectivity index is 1.66. The van der Waals surface area contributed by atoms with Crippen LogP contribution >= 0.6 is 0 Å². The zero-order chi connectivity index (χ0) is 22.6. The fraction of sp³-hybridized carbons (Fsp3) is 0.435. The van der Waals surface area contributed by atoms with Crippen LogP contribution in [0.2, 0.25) is 0 Å². The molecule has 31 heavy (non-hydrogen) atoms. The Morgan fingerprint density at radius 2 is 1.77 bits per heavy atom. The maximum Gasteiger partial charge on any atom is 0.222 e. The minimum absolute atomic E-state index is 0.0419. The number of rotatable bonds is 8. The topological polar surface area (TPSA) is 100 Å². The van der Waals surface area contributed by atoms with E-state index in [-0.39, 0.29) is 11.4 Å². The Bertz CT molecular complexity index is 1040. The summed E-state index contributed by atoms with van der Waals surface area (Å²) in [5.74, 6) is 2.41. The van der Waals surface area contributed by atoms with Crippen LogP contribution in [0.4, 0.5) is 11.8 Å². The Morgan fingerprint density at radius 3 is 2.42 bits per heavy atom. The van der Waals surface area contributed by atoms with Crippen LogP contribution in [0.25, 0.3) is 11.4 Å². The van der Waals surface area contributed by atoms with Gasteiger partial charge in [-0.05, 0) is 36.6 Å². The van der Waals surface area contributed by atoms with Crippen LogP contribution < -0.4 is 20.5 Å². The van der Waals surface area contributed by atoms with E-state index < -0.39 is 0 Å². The van der Waals surface area contributed by atoms with E-state index in [1.54, 1.807) is 14.2 Å². The zero-order valence-electron chi connectivity index (χ0n) is 19.2. The minimum atomic E-state index is -0.0419. The molecule has 8 nitrogen and oxygen atoms in total. The summed E-state index contributed by atoms with van der Waals surface area (Å²) in [6.45, 7) is 7.17. The average molecular weight is 425 g/mol. The Labute approximate surface area is 183 Å². The number of nitrogens with one attached hydrogen (secondary N) is 1. The molecule has 8 heteroatoms. The highest BCUT2D eigenvalue weighted by molar-refractivity contribution is 5.61. The summed E-state index contributed by atoms with van der Waals surface area (Å²) in [7, 11) is 5.20. The Kier molecular flexibility index (Phi) is 6.68. The van der Waals surface area contributed by atoms with E-state index in [2.05, 4.69) is 53.3 Å². The van der Waals surface area contributed by atoms with Gasteiger partial charge in [0.15, 0.2) is 11.5 Å². The van der Waals surface area contributed by atoms with Crippen LogP contribution in [-0.4, -0.2) is 40.5 Å². The average Bonchev–Trinajstić information content (AvgIpc) is 3.13. The first-order valence-corrected chi connectivity index (χ1v) is 10.4. The predicted molar refractivity (Wildman–Crippen MR) is 124 cm³/mol. The normalized spacial score (nSPS) is 11.4. The highest BCUT2D eigenvalue weighted by Gasteiger charge is 2.20. The van der Waals surface area contributed by atoms with Crippen molar-refractivity contribution in [1.82, 2.24) is 19.7 Å². The summed E-state index contributed by atoms with van der Waals surface area (Å²) < 4.78 is 12.5. The molecule has 0 fully saturated rings. The van der Waals surface area contributed by atoms with Crippen molar-refractivity contribution in [3.8, 4) is 22.9 Å². The lowest BCUT2D eigenvalue weighted by Gasteiger charge is -2.13. The SMILES string of the molecule is COc1ccc(CCCNc2cc(-c3cc(C(C)(C)C)nn3C)nc(N)n2)cc1OC. The van der Waals surface area contributed by atoms with Gasteiger partial charge in [-0.15, -0.1) is 0 Å². The second-order valence-corrected chi connectivity index (χ2v) is 8.50. The Hall–Kier alpha value is -3.29. The number of ether oxygens (including phenoxy) is 2. The van der Waals surface area contributed by atoms with Crippen LogP contribution in [0.3, 0.4) is 0 Å². The lowest BCUT2D eigenvalue weighted by molar-refractivity contribution is 0.354. The highest BCUT2D eigenvalue weighted by atomic mass is 16.5. The van der Waals surface area contributed by atoms with Crippen molar-refractivity contribution >= 4 is 11.8 Å². The van der Waals surface area contributed by atoms with E-state index >= 15 is 0 Å². The molecule has 0 saturated carbocycles. The van der Waals surface area contributed by atoms with Gasteiger partial charge in [0.2, 0.25) is 5.95 Å². The van der Waals surface area contributed by atoms with Crippen molar-refractivity contribution in [2.45, 2.75) is 39.0 Å². The summed E-state index contributed by atoms with van der Waals surface area (Å²) >= 11 is 0. The molecule has 3 N–H and O–H groups in total. The van der Waals surface area contributed by atoms with E-state index in [9.17, 15) is 0 Å². The molecule has 3 rings (SSSR count). The molecule has 0 bridgehead atoms. The van der Waals surface area contributed by atoms with E-state index in [1.807, 2.05) is 29.9 Å².